The van der Waals surface area contributed by atoms with E-state index in [2.05, 4.69) is 15.1 Å². The molecular weight excluding hydrogens is 786 g/mol. The van der Waals surface area contributed by atoms with Crippen LogP contribution in [0.15, 0.2) is 72.8 Å². The molecule has 322 valence electrons. The van der Waals surface area contributed by atoms with Crippen molar-refractivity contribution in [2.24, 2.45) is 0 Å². The summed E-state index contributed by atoms with van der Waals surface area (Å²) in [5, 5.41) is 4.15. The average Bonchev–Trinajstić information content (AvgIpc) is 3.53. The van der Waals surface area contributed by atoms with E-state index < -0.39 is 12.0 Å². The van der Waals surface area contributed by atoms with Crippen molar-refractivity contribution < 1.29 is 38.2 Å². The van der Waals surface area contributed by atoms with Crippen molar-refractivity contribution in [3.63, 3.8) is 0 Å². The lowest BCUT2D eigenvalue weighted by Crippen LogP contribution is -2.49. The van der Waals surface area contributed by atoms with Gasteiger partial charge in [-0.1, -0.05) is 43.6 Å². The number of rotatable bonds is 21. The van der Waals surface area contributed by atoms with Crippen molar-refractivity contribution >= 4 is 52.2 Å². The van der Waals surface area contributed by atoms with E-state index in [1.165, 1.54) is 0 Å². The van der Waals surface area contributed by atoms with Crippen molar-refractivity contribution in [3.8, 4) is 5.75 Å². The first-order valence-electron chi connectivity index (χ1n) is 20.9. The molecule has 0 radical (unpaired) electrons. The first kappa shape index (κ1) is 45.8. The van der Waals surface area contributed by atoms with Crippen LogP contribution in [0.25, 0.3) is 10.9 Å². The minimum atomic E-state index is -0.830. The van der Waals surface area contributed by atoms with Crippen LogP contribution in [0.5, 0.6) is 5.75 Å². The van der Waals surface area contributed by atoms with E-state index in [-0.39, 0.29) is 56.2 Å². The lowest BCUT2D eigenvalue weighted by molar-refractivity contribution is -0.144. The van der Waals surface area contributed by atoms with Gasteiger partial charge in [0.25, 0.3) is 11.8 Å². The Morgan fingerprint density at radius 1 is 0.800 bits per heavy atom. The summed E-state index contributed by atoms with van der Waals surface area (Å²) < 4.78 is 18.3. The monoisotopic (exact) mass is 843 g/mol. The van der Waals surface area contributed by atoms with E-state index in [9.17, 15) is 24.0 Å². The van der Waals surface area contributed by atoms with Gasteiger partial charge >= 0.3 is 11.9 Å². The number of aromatic nitrogens is 1. The molecule has 1 N–H and O–H groups in total. The standard InChI is InChI=1S/C46H58ClN5O8/c1-5-21-51(22-6-2)46(57)40(48-44(55)34-11-8-7-9-12-34)18-20-42(53)59-29-10-23-49-24-26-50(27-25-49)28-30-60-43(54)32-38-33(3)52(41-19-17-37(58-4)31-39(38)41)45(56)35-13-15-36(47)16-14-35/h7-9,11-17,19,31,40H,5-6,10,18,20-30,32H2,1-4H3,(H,48,55)/t40-/m0/s1. The molecule has 2 heterocycles. The number of benzene rings is 3. The molecule has 60 heavy (non-hydrogen) atoms. The molecule has 3 aromatic carbocycles. The third-order valence-electron chi connectivity index (χ3n) is 10.7. The number of hydrogen-bond donors (Lipinski definition) is 1. The lowest BCUT2D eigenvalue weighted by atomic mass is 10.1. The number of esters is 2. The van der Waals surface area contributed by atoms with Crippen molar-refractivity contribution in [1.82, 2.24) is 24.6 Å². The highest BCUT2D eigenvalue weighted by Crippen LogP contribution is 2.31. The molecule has 1 aliphatic rings. The Bertz CT molecular complexity index is 2060. The van der Waals surface area contributed by atoms with Crippen LogP contribution in [0.3, 0.4) is 0 Å². The van der Waals surface area contributed by atoms with Crippen LogP contribution < -0.4 is 10.1 Å². The van der Waals surface area contributed by atoms with Gasteiger partial charge in [0.2, 0.25) is 5.91 Å². The van der Waals surface area contributed by atoms with E-state index in [1.807, 2.05) is 39.0 Å². The van der Waals surface area contributed by atoms with Crippen LogP contribution in [-0.4, -0.2) is 128 Å². The van der Waals surface area contributed by atoms with Crippen LogP contribution >= 0.6 is 11.6 Å². The molecule has 5 rings (SSSR count). The number of nitrogens with one attached hydrogen (secondary N) is 1. The van der Waals surface area contributed by atoms with Crippen LogP contribution in [-0.2, 0) is 30.3 Å². The van der Waals surface area contributed by atoms with Crippen LogP contribution in [0.1, 0.15) is 77.9 Å². The van der Waals surface area contributed by atoms with Crippen LogP contribution in [0.2, 0.25) is 5.02 Å². The van der Waals surface area contributed by atoms with Crippen molar-refractivity contribution in [2.75, 3.05) is 72.7 Å². The summed E-state index contributed by atoms with van der Waals surface area (Å²) in [4.78, 5) is 72.2. The number of halogens is 1. The van der Waals surface area contributed by atoms with Crippen molar-refractivity contribution in [3.05, 3.63) is 100 Å². The Kier molecular flexibility index (Phi) is 17.5. The molecule has 0 unspecified atom stereocenters. The van der Waals surface area contributed by atoms with Gasteiger partial charge in [0.15, 0.2) is 0 Å². The van der Waals surface area contributed by atoms with Gasteiger partial charge in [-0.15, -0.1) is 0 Å². The molecule has 4 aromatic rings. The fourth-order valence-electron chi connectivity index (χ4n) is 7.51. The number of methoxy groups -OCH3 is 1. The normalized spacial score (nSPS) is 13.8. The van der Waals surface area contributed by atoms with Gasteiger partial charge in [-0.05, 0) is 92.8 Å². The number of piperazine rings is 1. The molecule has 1 aliphatic heterocycles. The maximum absolute atomic E-state index is 13.6. The highest BCUT2D eigenvalue weighted by atomic mass is 35.5. The first-order valence-corrected chi connectivity index (χ1v) is 21.3. The molecule has 0 spiro atoms. The van der Waals surface area contributed by atoms with E-state index in [4.69, 9.17) is 25.8 Å². The maximum atomic E-state index is 13.6. The molecule has 0 bridgehead atoms. The van der Waals surface area contributed by atoms with Gasteiger partial charge in [0.1, 0.15) is 18.4 Å². The summed E-state index contributed by atoms with van der Waals surface area (Å²) in [6.07, 6.45) is 2.44. The number of hydrogen-bond acceptors (Lipinski definition) is 10. The summed E-state index contributed by atoms with van der Waals surface area (Å²) in [6, 6.07) is 20.1. The maximum Gasteiger partial charge on any atom is 0.310 e. The summed E-state index contributed by atoms with van der Waals surface area (Å²) in [5.74, 6) is -0.909. The van der Waals surface area contributed by atoms with Gasteiger partial charge in [-0.2, -0.15) is 0 Å². The predicted octanol–water partition coefficient (Wildman–Crippen LogP) is 6.16. The van der Waals surface area contributed by atoms with Gasteiger partial charge < -0.3 is 29.3 Å². The third-order valence-corrected chi connectivity index (χ3v) is 11.0. The number of amides is 2. The van der Waals surface area contributed by atoms with E-state index in [1.54, 1.807) is 71.2 Å². The SMILES string of the molecule is CCCN(CCC)C(=O)[C@H](CCC(=O)OCCCN1CCN(CCOC(=O)Cc2c(C)n(C(=O)c3ccc(Cl)cc3)c3ccc(OC)cc23)CC1)NC(=O)c1ccccc1. The Morgan fingerprint density at radius 3 is 2.10 bits per heavy atom. The van der Waals surface area contributed by atoms with Crippen molar-refractivity contribution in [1.29, 1.82) is 0 Å². The molecule has 14 heteroatoms. The summed E-state index contributed by atoms with van der Waals surface area (Å²) in [6.45, 7) is 12.2. The zero-order valence-electron chi connectivity index (χ0n) is 35.3. The highest BCUT2D eigenvalue weighted by Gasteiger charge is 2.27. The molecule has 0 saturated carbocycles. The fraction of sp³-hybridized carbons (Fsp3) is 0.457. The Balaban J connectivity index is 1.02. The largest absolute Gasteiger partial charge is 0.497 e. The second kappa shape index (κ2) is 22.9. The zero-order valence-corrected chi connectivity index (χ0v) is 36.0. The number of carbonyl (C=O) groups excluding carboxylic acids is 5. The molecule has 2 amide bonds. The predicted molar refractivity (Wildman–Crippen MR) is 232 cm³/mol. The second-order valence-corrected chi connectivity index (χ2v) is 15.4. The van der Waals surface area contributed by atoms with Crippen LogP contribution in [0, 0.1) is 6.92 Å². The van der Waals surface area contributed by atoms with E-state index in [0.29, 0.717) is 64.7 Å². The Labute approximate surface area is 357 Å². The minimum absolute atomic E-state index is 0.00873. The third kappa shape index (κ3) is 12.6. The molecule has 1 saturated heterocycles. The lowest BCUT2D eigenvalue weighted by Gasteiger charge is -2.34. The van der Waals surface area contributed by atoms with Gasteiger partial charge in [-0.3, -0.25) is 33.4 Å². The zero-order chi connectivity index (χ0) is 43.0. The molecule has 1 fully saturated rings. The second-order valence-electron chi connectivity index (χ2n) is 15.0. The number of carbonyl (C=O) groups is 5. The van der Waals surface area contributed by atoms with Gasteiger partial charge in [0.05, 0.1) is 25.7 Å². The van der Waals surface area contributed by atoms with Gasteiger partial charge in [-0.25, -0.2) is 0 Å². The molecule has 1 aromatic heterocycles. The Morgan fingerprint density at radius 2 is 1.45 bits per heavy atom. The first-order chi connectivity index (χ1) is 29.0. The Hall–Kier alpha value is -5.24. The summed E-state index contributed by atoms with van der Waals surface area (Å²) in [5.41, 5.74) is 2.98. The fourth-order valence-corrected chi connectivity index (χ4v) is 7.63. The van der Waals surface area contributed by atoms with E-state index >= 15 is 0 Å². The molecule has 13 nitrogen and oxygen atoms in total. The minimum Gasteiger partial charge on any atom is -0.497 e. The van der Waals surface area contributed by atoms with Gasteiger partial charge in [0, 0.05) is 86.0 Å². The molecular formula is C46H58ClN5O8. The van der Waals surface area contributed by atoms with Crippen LogP contribution in [0.4, 0.5) is 0 Å². The number of ether oxygens (including phenoxy) is 3. The highest BCUT2D eigenvalue weighted by molar-refractivity contribution is 6.30. The molecule has 1 atom stereocenters. The summed E-state index contributed by atoms with van der Waals surface area (Å²) in [7, 11) is 1.58. The van der Waals surface area contributed by atoms with Crippen molar-refractivity contribution in [2.45, 2.75) is 65.3 Å². The molecule has 0 aliphatic carbocycles. The average molecular weight is 844 g/mol. The quantitative estimate of drug-likeness (QED) is 0.0767. The number of nitrogens with zero attached hydrogens (tertiary/aromatic N) is 4. The topological polar surface area (TPSA) is 140 Å². The smallest absolute Gasteiger partial charge is 0.310 e. The number of fused-ring (bicyclic) bond motifs is 1. The van der Waals surface area contributed by atoms with E-state index in [0.717, 1.165) is 51.0 Å². The summed E-state index contributed by atoms with van der Waals surface area (Å²) >= 11 is 6.05.